The van der Waals surface area contributed by atoms with E-state index in [0.717, 1.165) is 34.8 Å². The van der Waals surface area contributed by atoms with Crippen LogP contribution in [0.2, 0.25) is 0 Å². The molecule has 0 spiro atoms. The van der Waals surface area contributed by atoms with Crippen LogP contribution in [0.1, 0.15) is 31.2 Å². The highest BCUT2D eigenvalue weighted by atomic mass is 127. The van der Waals surface area contributed by atoms with Crippen LogP contribution in [-0.4, -0.2) is 13.7 Å². The van der Waals surface area contributed by atoms with E-state index in [0.29, 0.717) is 4.90 Å². The number of aryl methyl sites for hydroxylation is 1. The molecule has 1 aliphatic carbocycles. The Hall–Kier alpha value is -0.100. The van der Waals surface area contributed by atoms with E-state index in [1.54, 1.807) is 12.1 Å². The molecule has 1 fully saturated rings. The number of hydrogen-bond donors (Lipinski definition) is 0. The maximum Gasteiger partial charge on any atom is 0.181 e. The molecule has 2 rings (SSSR count). The standard InChI is InChI=1S/C12H15IO2S/c1-9-6-10(13)8-12(7-9)16(14,15)11-4-2-3-5-11/h6-8,11H,2-5H2,1H3. The molecule has 88 valence electrons. The zero-order chi connectivity index (χ0) is 11.8. The van der Waals surface area contributed by atoms with Crippen molar-refractivity contribution in [2.45, 2.75) is 42.8 Å². The van der Waals surface area contributed by atoms with Gasteiger partial charge in [-0.2, -0.15) is 0 Å². The highest BCUT2D eigenvalue weighted by Crippen LogP contribution is 2.30. The van der Waals surface area contributed by atoms with E-state index in [9.17, 15) is 8.42 Å². The van der Waals surface area contributed by atoms with E-state index in [-0.39, 0.29) is 5.25 Å². The summed E-state index contributed by atoms with van der Waals surface area (Å²) in [5.41, 5.74) is 1.02. The topological polar surface area (TPSA) is 34.1 Å². The Balaban J connectivity index is 2.42. The van der Waals surface area contributed by atoms with E-state index in [2.05, 4.69) is 22.6 Å². The molecule has 0 aromatic heterocycles. The maximum absolute atomic E-state index is 12.3. The van der Waals surface area contributed by atoms with E-state index in [1.165, 1.54) is 0 Å². The fourth-order valence-corrected chi connectivity index (χ4v) is 5.28. The van der Waals surface area contributed by atoms with Crippen molar-refractivity contribution in [2.24, 2.45) is 0 Å². The number of hydrogen-bond acceptors (Lipinski definition) is 2. The highest BCUT2D eigenvalue weighted by Gasteiger charge is 2.30. The summed E-state index contributed by atoms with van der Waals surface area (Å²) in [7, 11) is -3.09. The summed E-state index contributed by atoms with van der Waals surface area (Å²) in [5, 5.41) is -0.148. The first-order valence-electron chi connectivity index (χ1n) is 5.51. The molecule has 0 amide bonds. The monoisotopic (exact) mass is 350 g/mol. The zero-order valence-electron chi connectivity index (χ0n) is 9.24. The molecule has 4 heteroatoms. The molecule has 0 N–H and O–H groups in total. The fraction of sp³-hybridized carbons (Fsp3) is 0.500. The molecule has 1 saturated carbocycles. The Bertz CT molecular complexity index is 467. The predicted octanol–water partition coefficient (Wildman–Crippen LogP) is 3.32. The van der Waals surface area contributed by atoms with Crippen LogP contribution in [0.5, 0.6) is 0 Å². The lowest BCUT2D eigenvalue weighted by molar-refractivity contribution is 0.579. The Labute approximate surface area is 111 Å². The number of benzene rings is 1. The van der Waals surface area contributed by atoms with Gasteiger partial charge in [0.25, 0.3) is 0 Å². The van der Waals surface area contributed by atoms with Gasteiger partial charge in [0.2, 0.25) is 0 Å². The summed E-state index contributed by atoms with van der Waals surface area (Å²) >= 11 is 2.17. The largest absolute Gasteiger partial charge is 0.223 e. The van der Waals surface area contributed by atoms with Gasteiger partial charge in [-0.3, -0.25) is 0 Å². The molecule has 1 aliphatic rings. The van der Waals surface area contributed by atoms with Crippen molar-refractivity contribution in [3.05, 3.63) is 27.3 Å². The third-order valence-electron chi connectivity index (χ3n) is 3.09. The quantitative estimate of drug-likeness (QED) is 0.767. The third kappa shape index (κ3) is 2.42. The van der Waals surface area contributed by atoms with Gasteiger partial charge < -0.3 is 0 Å². The SMILES string of the molecule is Cc1cc(I)cc(S(=O)(=O)C2CCCC2)c1. The van der Waals surface area contributed by atoms with Crippen molar-refractivity contribution in [3.8, 4) is 0 Å². The van der Waals surface area contributed by atoms with Crippen LogP contribution in [0.25, 0.3) is 0 Å². The number of halogens is 1. The summed E-state index contributed by atoms with van der Waals surface area (Å²) in [5.74, 6) is 0. The minimum absolute atomic E-state index is 0.148. The van der Waals surface area contributed by atoms with Crippen LogP contribution >= 0.6 is 22.6 Å². The first-order valence-corrected chi connectivity index (χ1v) is 8.14. The molecule has 1 aromatic carbocycles. The second-order valence-corrected chi connectivity index (χ2v) is 7.89. The molecule has 16 heavy (non-hydrogen) atoms. The van der Waals surface area contributed by atoms with Gasteiger partial charge in [-0.15, -0.1) is 0 Å². The molecule has 0 atom stereocenters. The second-order valence-electron chi connectivity index (χ2n) is 4.42. The van der Waals surface area contributed by atoms with Gasteiger partial charge in [0.05, 0.1) is 10.1 Å². The Kier molecular flexibility index (Phi) is 3.59. The Morgan fingerprint density at radius 1 is 1.19 bits per heavy atom. The van der Waals surface area contributed by atoms with Crippen molar-refractivity contribution in [1.29, 1.82) is 0 Å². The van der Waals surface area contributed by atoms with E-state index in [1.807, 2.05) is 13.0 Å². The maximum atomic E-state index is 12.3. The second kappa shape index (κ2) is 4.64. The number of rotatable bonds is 2. The van der Waals surface area contributed by atoms with Crippen LogP contribution in [0, 0.1) is 10.5 Å². The Morgan fingerprint density at radius 2 is 1.81 bits per heavy atom. The lowest BCUT2D eigenvalue weighted by Crippen LogP contribution is -2.18. The lowest BCUT2D eigenvalue weighted by Gasteiger charge is -2.12. The van der Waals surface area contributed by atoms with Crippen molar-refractivity contribution in [3.63, 3.8) is 0 Å². The minimum Gasteiger partial charge on any atom is -0.223 e. The van der Waals surface area contributed by atoms with E-state index < -0.39 is 9.84 Å². The van der Waals surface area contributed by atoms with Gasteiger partial charge in [0, 0.05) is 3.57 Å². The molecule has 0 radical (unpaired) electrons. The summed E-state index contributed by atoms with van der Waals surface area (Å²) in [6.45, 7) is 1.94. The van der Waals surface area contributed by atoms with Gasteiger partial charge in [0.1, 0.15) is 0 Å². The van der Waals surface area contributed by atoms with Crippen LogP contribution < -0.4 is 0 Å². The fourth-order valence-electron chi connectivity index (χ4n) is 2.26. The molecule has 0 saturated heterocycles. The van der Waals surface area contributed by atoms with Gasteiger partial charge in [-0.1, -0.05) is 12.8 Å². The number of sulfone groups is 1. The van der Waals surface area contributed by atoms with Crippen LogP contribution in [0.3, 0.4) is 0 Å². The zero-order valence-corrected chi connectivity index (χ0v) is 12.2. The lowest BCUT2D eigenvalue weighted by atomic mass is 10.2. The summed E-state index contributed by atoms with van der Waals surface area (Å²) < 4.78 is 25.7. The first kappa shape index (κ1) is 12.4. The van der Waals surface area contributed by atoms with Gasteiger partial charge >= 0.3 is 0 Å². The molecular weight excluding hydrogens is 335 g/mol. The molecule has 2 nitrogen and oxygen atoms in total. The average Bonchev–Trinajstić information content (AvgIpc) is 2.69. The third-order valence-corrected chi connectivity index (χ3v) is 5.95. The minimum atomic E-state index is -3.09. The Morgan fingerprint density at radius 3 is 2.38 bits per heavy atom. The highest BCUT2D eigenvalue weighted by molar-refractivity contribution is 14.1. The van der Waals surface area contributed by atoms with Gasteiger partial charge in [-0.25, -0.2) is 8.42 Å². The first-order chi connectivity index (χ1) is 7.50. The van der Waals surface area contributed by atoms with Crippen molar-refractivity contribution in [2.75, 3.05) is 0 Å². The van der Waals surface area contributed by atoms with Crippen LogP contribution in [0.15, 0.2) is 23.1 Å². The van der Waals surface area contributed by atoms with Gasteiger partial charge in [0.15, 0.2) is 9.84 Å². The molecule has 0 unspecified atom stereocenters. The summed E-state index contributed by atoms with van der Waals surface area (Å²) in [6, 6.07) is 5.56. The molecular formula is C12H15IO2S. The molecule has 0 heterocycles. The van der Waals surface area contributed by atoms with Crippen molar-refractivity contribution < 1.29 is 8.42 Å². The summed E-state index contributed by atoms with van der Waals surface area (Å²) in [4.78, 5) is 0.504. The smallest absolute Gasteiger partial charge is 0.181 e. The normalized spacial score (nSPS) is 17.9. The molecule has 1 aromatic rings. The van der Waals surface area contributed by atoms with E-state index in [4.69, 9.17) is 0 Å². The molecule has 0 aliphatic heterocycles. The average molecular weight is 350 g/mol. The van der Waals surface area contributed by atoms with Crippen LogP contribution in [-0.2, 0) is 9.84 Å². The molecule has 0 bridgehead atoms. The predicted molar refractivity (Wildman–Crippen MR) is 73.3 cm³/mol. The van der Waals surface area contributed by atoms with Crippen molar-refractivity contribution in [1.82, 2.24) is 0 Å². The summed E-state index contributed by atoms with van der Waals surface area (Å²) in [6.07, 6.45) is 3.75. The van der Waals surface area contributed by atoms with Gasteiger partial charge in [-0.05, 0) is 66.1 Å². The van der Waals surface area contributed by atoms with E-state index >= 15 is 0 Å². The van der Waals surface area contributed by atoms with Crippen LogP contribution in [0.4, 0.5) is 0 Å². The van der Waals surface area contributed by atoms with Crippen molar-refractivity contribution >= 4 is 32.4 Å².